The number of anilines is 2. The molecule has 0 fully saturated rings. The molecule has 3 N–H and O–H groups in total. The van der Waals surface area contributed by atoms with Crippen LogP contribution in [0, 0.1) is 23.2 Å². The molecular formula is C14H14FIN2O2S. The predicted octanol–water partition coefficient (Wildman–Crippen LogP) is 3.43. The molecule has 2 aromatic rings. The van der Waals surface area contributed by atoms with Crippen molar-refractivity contribution in [1.29, 1.82) is 0 Å². The molecule has 0 radical (unpaired) electrons. The summed E-state index contributed by atoms with van der Waals surface area (Å²) in [5.74, 6) is -0.415. The minimum absolute atomic E-state index is 0.192. The minimum Gasteiger partial charge on any atom is -0.399 e. The Bertz CT molecular complexity index is 784. The molecule has 0 spiro atoms. The second kappa shape index (κ2) is 5.80. The van der Waals surface area contributed by atoms with E-state index in [0.29, 0.717) is 26.1 Å². The Balaban J connectivity index is 2.48. The van der Waals surface area contributed by atoms with E-state index >= 15 is 0 Å². The summed E-state index contributed by atoms with van der Waals surface area (Å²) < 4.78 is 41.1. The zero-order valence-electron chi connectivity index (χ0n) is 11.4. The summed E-state index contributed by atoms with van der Waals surface area (Å²) in [7, 11) is -3.76. The Kier molecular flexibility index (Phi) is 4.43. The molecule has 21 heavy (non-hydrogen) atoms. The molecule has 0 aliphatic heterocycles. The standard InChI is InChI=1S/C14H14FIN2O2S/c1-8-5-11(17)6-9(2)14(8)21(19,20)18-13-4-3-10(15)7-12(13)16/h3-7,18H,17H2,1-2H3. The molecule has 0 aliphatic rings. The molecule has 112 valence electrons. The number of halogens is 2. The molecule has 2 aromatic carbocycles. The summed E-state index contributed by atoms with van der Waals surface area (Å²) in [5.41, 5.74) is 7.69. The zero-order chi connectivity index (χ0) is 15.8. The summed E-state index contributed by atoms with van der Waals surface area (Å²) >= 11 is 1.88. The van der Waals surface area contributed by atoms with Gasteiger partial charge in [-0.3, -0.25) is 4.72 Å². The average Bonchev–Trinajstić information content (AvgIpc) is 2.30. The lowest BCUT2D eigenvalue weighted by Gasteiger charge is -2.14. The number of sulfonamides is 1. The first-order valence-corrected chi connectivity index (χ1v) is 8.61. The molecule has 0 bridgehead atoms. The van der Waals surface area contributed by atoms with E-state index in [0.717, 1.165) is 0 Å². The Labute approximate surface area is 136 Å². The molecule has 0 saturated carbocycles. The van der Waals surface area contributed by atoms with Crippen LogP contribution in [-0.4, -0.2) is 8.42 Å². The third-order valence-electron chi connectivity index (χ3n) is 2.93. The molecule has 0 amide bonds. The Morgan fingerprint density at radius 1 is 1.14 bits per heavy atom. The highest BCUT2D eigenvalue weighted by Gasteiger charge is 2.21. The smallest absolute Gasteiger partial charge is 0.262 e. The average molecular weight is 420 g/mol. The van der Waals surface area contributed by atoms with Crippen LogP contribution in [0.25, 0.3) is 0 Å². The summed E-state index contributed by atoms with van der Waals surface area (Å²) in [4.78, 5) is 0.192. The summed E-state index contributed by atoms with van der Waals surface area (Å²) in [6, 6.07) is 7.09. The first-order chi connectivity index (χ1) is 9.70. The van der Waals surface area contributed by atoms with Gasteiger partial charge < -0.3 is 5.73 Å². The van der Waals surface area contributed by atoms with Gasteiger partial charge in [-0.15, -0.1) is 0 Å². The van der Waals surface area contributed by atoms with E-state index in [4.69, 9.17) is 5.73 Å². The Morgan fingerprint density at radius 2 is 1.71 bits per heavy atom. The molecule has 7 heteroatoms. The number of benzene rings is 2. The summed E-state index contributed by atoms with van der Waals surface area (Å²) in [5, 5.41) is 0. The number of nitrogens with one attached hydrogen (secondary N) is 1. The number of hydrogen-bond acceptors (Lipinski definition) is 3. The first kappa shape index (κ1) is 16.0. The van der Waals surface area contributed by atoms with Crippen LogP contribution in [0.5, 0.6) is 0 Å². The van der Waals surface area contributed by atoms with Crippen molar-refractivity contribution in [2.45, 2.75) is 18.7 Å². The van der Waals surface area contributed by atoms with Gasteiger partial charge in [0.25, 0.3) is 10.0 Å². The lowest BCUT2D eigenvalue weighted by molar-refractivity contribution is 0.599. The lowest BCUT2D eigenvalue weighted by atomic mass is 10.1. The molecule has 0 unspecified atom stereocenters. The fraction of sp³-hybridized carbons (Fsp3) is 0.143. The Morgan fingerprint density at radius 3 is 2.24 bits per heavy atom. The van der Waals surface area contributed by atoms with E-state index < -0.39 is 15.8 Å². The third-order valence-corrected chi connectivity index (χ3v) is 5.49. The minimum atomic E-state index is -3.76. The van der Waals surface area contributed by atoms with Gasteiger partial charge in [-0.05, 0) is 77.9 Å². The lowest BCUT2D eigenvalue weighted by Crippen LogP contribution is -2.16. The van der Waals surface area contributed by atoms with Crippen LogP contribution in [0.2, 0.25) is 0 Å². The number of rotatable bonds is 3. The highest BCUT2D eigenvalue weighted by atomic mass is 127. The highest BCUT2D eigenvalue weighted by molar-refractivity contribution is 14.1. The molecule has 0 atom stereocenters. The van der Waals surface area contributed by atoms with Crippen LogP contribution in [0.1, 0.15) is 11.1 Å². The van der Waals surface area contributed by atoms with Crippen molar-refractivity contribution in [3.05, 3.63) is 50.8 Å². The van der Waals surface area contributed by atoms with Gasteiger partial charge in [-0.25, -0.2) is 12.8 Å². The van der Waals surface area contributed by atoms with Crippen molar-refractivity contribution in [3.8, 4) is 0 Å². The van der Waals surface area contributed by atoms with Gasteiger partial charge >= 0.3 is 0 Å². The van der Waals surface area contributed by atoms with Crippen molar-refractivity contribution >= 4 is 44.0 Å². The molecular weight excluding hydrogens is 406 g/mol. The maximum absolute atomic E-state index is 13.1. The highest BCUT2D eigenvalue weighted by Crippen LogP contribution is 2.27. The van der Waals surface area contributed by atoms with Gasteiger partial charge in [0.15, 0.2) is 0 Å². The topological polar surface area (TPSA) is 72.2 Å². The quantitative estimate of drug-likeness (QED) is 0.591. The van der Waals surface area contributed by atoms with Crippen molar-refractivity contribution in [1.82, 2.24) is 0 Å². The maximum Gasteiger partial charge on any atom is 0.262 e. The van der Waals surface area contributed by atoms with Gasteiger partial charge in [0, 0.05) is 9.26 Å². The van der Waals surface area contributed by atoms with E-state index in [1.54, 1.807) is 26.0 Å². The fourth-order valence-electron chi connectivity index (χ4n) is 2.18. The van der Waals surface area contributed by atoms with E-state index in [1.165, 1.54) is 18.2 Å². The largest absolute Gasteiger partial charge is 0.399 e. The molecule has 0 heterocycles. The van der Waals surface area contributed by atoms with Gasteiger partial charge in [0.05, 0.1) is 10.6 Å². The molecule has 0 saturated heterocycles. The van der Waals surface area contributed by atoms with Crippen LogP contribution < -0.4 is 10.5 Å². The first-order valence-electron chi connectivity index (χ1n) is 6.05. The predicted molar refractivity (Wildman–Crippen MR) is 90.3 cm³/mol. The maximum atomic E-state index is 13.1. The second-order valence-corrected chi connectivity index (χ2v) is 7.49. The second-order valence-electron chi connectivity index (χ2n) is 4.71. The number of hydrogen-bond donors (Lipinski definition) is 2. The van der Waals surface area contributed by atoms with E-state index in [9.17, 15) is 12.8 Å². The van der Waals surface area contributed by atoms with Crippen LogP contribution >= 0.6 is 22.6 Å². The normalized spacial score (nSPS) is 11.4. The summed E-state index contributed by atoms with van der Waals surface area (Å²) in [6.07, 6.45) is 0. The summed E-state index contributed by atoms with van der Waals surface area (Å²) in [6.45, 7) is 3.38. The Hall–Kier alpha value is -1.35. The van der Waals surface area contributed by atoms with Gasteiger partial charge in [-0.1, -0.05) is 0 Å². The monoisotopic (exact) mass is 420 g/mol. The van der Waals surface area contributed by atoms with Crippen LogP contribution in [-0.2, 0) is 10.0 Å². The molecule has 2 rings (SSSR count). The van der Waals surface area contributed by atoms with Gasteiger partial charge in [0.2, 0.25) is 0 Å². The van der Waals surface area contributed by atoms with Crippen LogP contribution in [0.4, 0.5) is 15.8 Å². The van der Waals surface area contributed by atoms with Crippen LogP contribution in [0.15, 0.2) is 35.2 Å². The molecule has 0 aromatic heterocycles. The van der Waals surface area contributed by atoms with E-state index in [-0.39, 0.29) is 4.90 Å². The van der Waals surface area contributed by atoms with Crippen molar-refractivity contribution in [2.75, 3.05) is 10.5 Å². The third kappa shape index (κ3) is 3.46. The molecule has 4 nitrogen and oxygen atoms in total. The molecule has 0 aliphatic carbocycles. The number of nitrogens with two attached hydrogens (primary N) is 1. The van der Waals surface area contributed by atoms with E-state index in [1.807, 2.05) is 22.6 Å². The van der Waals surface area contributed by atoms with Gasteiger partial charge in [-0.2, -0.15) is 0 Å². The van der Waals surface area contributed by atoms with Crippen molar-refractivity contribution in [2.24, 2.45) is 0 Å². The fourth-order valence-corrected chi connectivity index (χ4v) is 4.51. The van der Waals surface area contributed by atoms with Crippen molar-refractivity contribution in [3.63, 3.8) is 0 Å². The van der Waals surface area contributed by atoms with Crippen molar-refractivity contribution < 1.29 is 12.8 Å². The van der Waals surface area contributed by atoms with E-state index in [2.05, 4.69) is 4.72 Å². The number of aryl methyl sites for hydroxylation is 2. The SMILES string of the molecule is Cc1cc(N)cc(C)c1S(=O)(=O)Nc1ccc(F)cc1I. The van der Waals surface area contributed by atoms with Crippen LogP contribution in [0.3, 0.4) is 0 Å². The number of nitrogen functional groups attached to an aromatic ring is 1. The van der Waals surface area contributed by atoms with Gasteiger partial charge in [0.1, 0.15) is 5.82 Å². The zero-order valence-corrected chi connectivity index (χ0v) is 14.4.